The lowest BCUT2D eigenvalue weighted by Crippen LogP contribution is -3.04. The van der Waals surface area contributed by atoms with Gasteiger partial charge in [0.15, 0.2) is 7.59 Å². The molecular formula is C54H43NSi3. The van der Waals surface area contributed by atoms with E-state index < -0.39 is 22.3 Å². The predicted molar refractivity (Wildman–Crippen MR) is 252 cm³/mol. The van der Waals surface area contributed by atoms with Crippen molar-refractivity contribution in [3.8, 4) is 11.1 Å². The van der Waals surface area contributed by atoms with Gasteiger partial charge in [0.05, 0.1) is 0 Å². The highest BCUT2D eigenvalue weighted by molar-refractivity contribution is 7.89. The minimum absolute atomic E-state index is 0.855. The molecule has 10 rings (SSSR count). The Bertz CT molecular complexity index is 2610. The molecule has 0 fully saturated rings. The lowest BCUT2D eigenvalue weighted by atomic mass is 10.1. The Labute approximate surface area is 344 Å². The minimum Gasteiger partial charge on any atom is -0.265 e. The third kappa shape index (κ3) is 5.30. The summed E-state index contributed by atoms with van der Waals surface area (Å²) < 4.78 is 0. The first-order chi connectivity index (χ1) is 28.8. The molecule has 0 saturated heterocycles. The first-order valence-corrected chi connectivity index (χ1v) is 28.3. The summed E-state index contributed by atoms with van der Waals surface area (Å²) in [4.78, 5) is 5.89. The Morgan fingerprint density at radius 1 is 0.293 bits per heavy atom. The molecule has 0 atom stereocenters. The second-order valence-electron chi connectivity index (χ2n) is 15.3. The second kappa shape index (κ2) is 15.1. The summed E-state index contributed by atoms with van der Waals surface area (Å²) in [6, 6.07) is 93.3. The first-order valence-electron chi connectivity index (χ1n) is 20.3. The molecule has 276 valence electrons. The highest BCUT2D eigenvalue weighted by Gasteiger charge is 2.73. The molecule has 58 heavy (non-hydrogen) atoms. The molecule has 1 aliphatic rings. The highest BCUT2D eigenvalue weighted by atomic mass is 29.6. The molecule has 1 aromatic heterocycles. The summed E-state index contributed by atoms with van der Waals surface area (Å²) >= 11 is 0. The van der Waals surface area contributed by atoms with Crippen molar-refractivity contribution in [1.82, 2.24) is 4.98 Å². The van der Waals surface area contributed by atoms with Crippen molar-refractivity contribution in [1.29, 1.82) is 0 Å². The van der Waals surface area contributed by atoms with Crippen molar-refractivity contribution >= 4 is 63.9 Å². The zero-order chi connectivity index (χ0) is 38.8. The molecule has 0 unspecified atom stereocenters. The number of hydrogen-bond acceptors (Lipinski definition) is 1. The zero-order valence-electron chi connectivity index (χ0n) is 32.3. The molecule has 0 aliphatic heterocycles. The molecular weight excluding hydrogens is 747 g/mol. The van der Waals surface area contributed by atoms with E-state index in [1.54, 1.807) is 0 Å². The lowest BCUT2D eigenvalue weighted by molar-refractivity contribution is 1.23. The summed E-state index contributed by atoms with van der Waals surface area (Å²) in [5.74, 6) is 0. The Kier molecular flexibility index (Phi) is 9.38. The summed E-state index contributed by atoms with van der Waals surface area (Å²) in [6.07, 6.45) is 2.99. The van der Waals surface area contributed by atoms with Crippen molar-refractivity contribution in [2.45, 2.75) is 6.42 Å². The van der Waals surface area contributed by atoms with Crippen LogP contribution in [0.1, 0.15) is 11.1 Å². The molecule has 0 saturated carbocycles. The molecule has 0 N–H and O–H groups in total. The van der Waals surface area contributed by atoms with Crippen LogP contribution in [0.15, 0.2) is 249 Å². The molecule has 9 aromatic rings. The fraction of sp³-hybridized carbons (Fsp3) is 0.0185. The van der Waals surface area contributed by atoms with E-state index in [1.165, 1.54) is 63.9 Å². The highest BCUT2D eigenvalue weighted by Crippen LogP contribution is 2.38. The van der Waals surface area contributed by atoms with Gasteiger partial charge in [-0.3, -0.25) is 4.98 Å². The Morgan fingerprint density at radius 3 is 1.02 bits per heavy atom. The van der Waals surface area contributed by atoms with Crippen molar-refractivity contribution < 1.29 is 0 Å². The van der Waals surface area contributed by atoms with E-state index >= 15 is 0 Å². The molecule has 0 amide bonds. The van der Waals surface area contributed by atoms with Crippen LogP contribution in [0.4, 0.5) is 0 Å². The average molecular weight is 790 g/mol. The number of fused-ring (bicyclic) bond motifs is 3. The van der Waals surface area contributed by atoms with Gasteiger partial charge in [0.2, 0.25) is 0 Å². The number of nitrogens with zero attached hydrogens (tertiary/aromatic N) is 1. The molecule has 0 bridgehead atoms. The van der Waals surface area contributed by atoms with Gasteiger partial charge in [0.1, 0.15) is 14.7 Å². The van der Waals surface area contributed by atoms with E-state index in [0.29, 0.717) is 0 Å². The Hall–Kier alpha value is -6.44. The van der Waals surface area contributed by atoms with Gasteiger partial charge in [-0.15, -0.1) is 0 Å². The smallest absolute Gasteiger partial charge is 0.171 e. The molecule has 0 spiro atoms. The number of rotatable bonds is 10. The fourth-order valence-electron chi connectivity index (χ4n) is 10.7. The van der Waals surface area contributed by atoms with Crippen molar-refractivity contribution in [3.63, 3.8) is 0 Å². The van der Waals surface area contributed by atoms with Gasteiger partial charge in [0.25, 0.3) is 0 Å². The van der Waals surface area contributed by atoms with E-state index in [4.69, 9.17) is 4.98 Å². The van der Waals surface area contributed by atoms with E-state index in [-0.39, 0.29) is 0 Å². The maximum absolute atomic E-state index is 5.89. The van der Waals surface area contributed by atoms with E-state index in [2.05, 4.69) is 249 Å². The van der Waals surface area contributed by atoms with Crippen LogP contribution < -0.4 is 41.6 Å². The quantitative estimate of drug-likeness (QED) is 0.111. The summed E-state index contributed by atoms with van der Waals surface area (Å²) in [5, 5.41) is 11.2. The number of benzene rings is 8. The summed E-state index contributed by atoms with van der Waals surface area (Å²) in [6.45, 7) is 0. The van der Waals surface area contributed by atoms with E-state index in [0.717, 1.165) is 6.42 Å². The van der Waals surface area contributed by atoms with Crippen LogP contribution in [0.25, 0.3) is 11.1 Å². The van der Waals surface area contributed by atoms with Gasteiger partial charge < -0.3 is 0 Å². The second-order valence-corrected chi connectivity index (χ2v) is 34.8. The zero-order valence-corrected chi connectivity index (χ0v) is 35.3. The maximum Gasteiger partial charge on any atom is 0.171 e. The average Bonchev–Trinajstić information content (AvgIpc) is 3.71. The van der Waals surface area contributed by atoms with Crippen LogP contribution in [-0.4, -0.2) is 27.3 Å². The molecule has 1 heterocycles. The fourth-order valence-corrected chi connectivity index (χ4v) is 55.7. The van der Waals surface area contributed by atoms with Crippen LogP contribution in [0.5, 0.6) is 0 Å². The lowest BCUT2D eigenvalue weighted by Gasteiger charge is -2.59. The van der Waals surface area contributed by atoms with Gasteiger partial charge in [-0.2, -0.15) is 0 Å². The minimum atomic E-state index is -3.48. The molecule has 4 heteroatoms. The normalized spacial score (nSPS) is 12.4. The summed E-state index contributed by atoms with van der Waals surface area (Å²) in [7, 11) is -10.3. The monoisotopic (exact) mass is 789 g/mol. The Morgan fingerprint density at radius 2 is 0.621 bits per heavy atom. The molecule has 0 radical (unpaired) electrons. The molecule has 1 nitrogen and oxygen atoms in total. The van der Waals surface area contributed by atoms with Gasteiger partial charge in [-0.05, 0) is 38.7 Å². The number of hydrogen-bond donors (Lipinski definition) is 0. The van der Waals surface area contributed by atoms with Gasteiger partial charge in [-0.1, -0.05) is 263 Å². The van der Waals surface area contributed by atoms with Gasteiger partial charge in [0, 0.05) is 17.9 Å². The topological polar surface area (TPSA) is 12.9 Å². The van der Waals surface area contributed by atoms with Crippen molar-refractivity contribution in [3.05, 3.63) is 260 Å². The van der Waals surface area contributed by atoms with E-state index in [1.807, 2.05) is 0 Å². The molecule has 8 aromatic carbocycles. The SMILES string of the molecule is c1ccc([Si](c2ccccc2)(c2ccccc2)[Si](c2ccccc2)(c2ccccc2)[Si](c2ccccc2)(c2ccccc2)c2nccc3c2Cc2ccccc2-3)cc1. The molecule has 1 aliphatic carbocycles. The van der Waals surface area contributed by atoms with E-state index in [9.17, 15) is 0 Å². The van der Waals surface area contributed by atoms with Crippen LogP contribution in [0.2, 0.25) is 0 Å². The predicted octanol–water partition coefficient (Wildman–Crippen LogP) is 6.71. The number of aromatic nitrogens is 1. The number of pyridine rings is 1. The van der Waals surface area contributed by atoms with Crippen LogP contribution >= 0.6 is 0 Å². The third-order valence-electron chi connectivity index (χ3n) is 12.7. The largest absolute Gasteiger partial charge is 0.265 e. The first kappa shape index (κ1) is 35.9. The van der Waals surface area contributed by atoms with Crippen molar-refractivity contribution in [2.24, 2.45) is 0 Å². The van der Waals surface area contributed by atoms with Gasteiger partial charge in [-0.25, -0.2) is 0 Å². The third-order valence-corrected chi connectivity index (χ3v) is 46.4. The van der Waals surface area contributed by atoms with Crippen LogP contribution in [0, 0.1) is 0 Å². The van der Waals surface area contributed by atoms with Crippen LogP contribution in [-0.2, 0) is 6.42 Å². The van der Waals surface area contributed by atoms with Crippen LogP contribution in [0.3, 0.4) is 0 Å². The van der Waals surface area contributed by atoms with Gasteiger partial charge >= 0.3 is 0 Å². The Balaban J connectivity index is 1.57. The van der Waals surface area contributed by atoms with Crippen molar-refractivity contribution in [2.75, 3.05) is 0 Å². The standard InChI is InChI=1S/C54H43NSi3/c1-8-25-44(26-9-1)56(45-27-10-2-11-28-45,46-29-12-3-13-30-46)58(49-35-18-6-19-36-49,50-37-20-7-21-38-50)57(47-31-14-4-15-32-47,48-33-16-5-17-34-48)54-53-42-43-24-22-23-39-51(43)52(53)40-41-55-54/h1-41H,42H2. The maximum atomic E-state index is 5.89. The summed E-state index contributed by atoms with van der Waals surface area (Å²) in [5.41, 5.74) is 5.40.